The number of likely N-dealkylation sites (tertiary alicyclic amines) is 1. The van der Waals surface area contributed by atoms with Crippen molar-refractivity contribution in [3.05, 3.63) is 40.9 Å². The first-order valence-corrected chi connectivity index (χ1v) is 9.70. The number of nitrogens with zero attached hydrogens (tertiary/aromatic N) is 3. The molecule has 7 heteroatoms. The zero-order valence-electron chi connectivity index (χ0n) is 16.0. The van der Waals surface area contributed by atoms with Gasteiger partial charge in [0, 0.05) is 45.3 Å². The molecule has 6 nitrogen and oxygen atoms in total. The average molecular weight is 391 g/mol. The van der Waals surface area contributed by atoms with Crippen LogP contribution in [0.1, 0.15) is 11.1 Å². The summed E-state index contributed by atoms with van der Waals surface area (Å²) in [6.45, 7) is 12.4. The molecule has 0 saturated carbocycles. The van der Waals surface area contributed by atoms with Crippen LogP contribution in [0.15, 0.2) is 24.8 Å². The van der Waals surface area contributed by atoms with Gasteiger partial charge in [0.15, 0.2) is 0 Å². The highest BCUT2D eigenvalue weighted by molar-refractivity contribution is 6.33. The van der Waals surface area contributed by atoms with E-state index in [1.807, 2.05) is 30.9 Å². The number of halogens is 1. The molecule has 0 bridgehead atoms. The second kappa shape index (κ2) is 8.31. The molecule has 2 heterocycles. The van der Waals surface area contributed by atoms with Crippen molar-refractivity contribution in [3.63, 3.8) is 0 Å². The van der Waals surface area contributed by atoms with Crippen LogP contribution in [0.4, 0.5) is 5.69 Å². The van der Waals surface area contributed by atoms with E-state index in [1.165, 1.54) is 6.08 Å². The van der Waals surface area contributed by atoms with E-state index in [1.54, 1.807) is 4.90 Å². The molecule has 0 spiro atoms. The second-order valence-corrected chi connectivity index (χ2v) is 7.69. The van der Waals surface area contributed by atoms with Crippen molar-refractivity contribution in [2.45, 2.75) is 19.9 Å². The largest absolute Gasteiger partial charge is 0.375 e. The van der Waals surface area contributed by atoms with Gasteiger partial charge in [-0.1, -0.05) is 18.2 Å². The van der Waals surface area contributed by atoms with Gasteiger partial charge in [-0.2, -0.15) is 0 Å². The molecule has 2 aliphatic heterocycles. The number of hydrogen-bond donors (Lipinski definition) is 1. The number of nitrogens with one attached hydrogen (secondary N) is 1. The first kappa shape index (κ1) is 19.7. The summed E-state index contributed by atoms with van der Waals surface area (Å²) in [5, 5.41) is 3.81. The van der Waals surface area contributed by atoms with Gasteiger partial charge >= 0.3 is 0 Å². The van der Waals surface area contributed by atoms with Gasteiger partial charge in [-0.15, -0.1) is 0 Å². The van der Waals surface area contributed by atoms with Gasteiger partial charge in [-0.25, -0.2) is 0 Å². The standard InChI is InChI=1S/C20H27ClN4O2/c1-4-19(26)25-12-16(13-25)23-5-7-24(8-6-23)20(27)11-22-18-10-15(3)14(2)9-17(18)21/h4,9-10,16,22H,1,5-8,11-13H2,2-3H3. The van der Waals surface area contributed by atoms with Crippen molar-refractivity contribution in [2.24, 2.45) is 0 Å². The van der Waals surface area contributed by atoms with Crippen LogP contribution in [0.2, 0.25) is 5.02 Å². The van der Waals surface area contributed by atoms with Crippen molar-refractivity contribution in [3.8, 4) is 0 Å². The van der Waals surface area contributed by atoms with E-state index in [4.69, 9.17) is 11.6 Å². The lowest BCUT2D eigenvalue weighted by Gasteiger charge is -2.47. The smallest absolute Gasteiger partial charge is 0.246 e. The molecular formula is C20H27ClN4O2. The molecule has 1 N–H and O–H groups in total. The maximum atomic E-state index is 12.5. The Kier molecular flexibility index (Phi) is 6.07. The van der Waals surface area contributed by atoms with E-state index in [0.717, 1.165) is 43.0 Å². The SMILES string of the molecule is C=CC(=O)N1CC(N2CCN(C(=O)CNc3cc(C)c(C)cc3Cl)CC2)C1. The van der Waals surface area contributed by atoms with Gasteiger partial charge in [-0.3, -0.25) is 14.5 Å². The number of piperazine rings is 1. The van der Waals surface area contributed by atoms with E-state index in [-0.39, 0.29) is 18.4 Å². The van der Waals surface area contributed by atoms with Crippen molar-refractivity contribution in [2.75, 3.05) is 51.1 Å². The third kappa shape index (κ3) is 4.45. The lowest BCUT2D eigenvalue weighted by atomic mass is 10.1. The Balaban J connectivity index is 1.43. The number of carbonyl (C=O) groups excluding carboxylic acids is 2. The summed E-state index contributed by atoms with van der Waals surface area (Å²) in [5.41, 5.74) is 3.08. The summed E-state index contributed by atoms with van der Waals surface area (Å²) in [5.74, 6) is 0.0807. The predicted octanol–water partition coefficient (Wildman–Crippen LogP) is 1.91. The van der Waals surface area contributed by atoms with Crippen molar-refractivity contribution >= 4 is 29.1 Å². The number of amides is 2. The molecule has 0 aliphatic carbocycles. The summed E-state index contributed by atoms with van der Waals surface area (Å²) < 4.78 is 0. The van der Waals surface area contributed by atoms with E-state index in [0.29, 0.717) is 24.2 Å². The van der Waals surface area contributed by atoms with E-state index in [2.05, 4.69) is 16.8 Å². The molecule has 2 amide bonds. The molecule has 1 aromatic rings. The van der Waals surface area contributed by atoms with Gasteiger partial charge in [0.1, 0.15) is 0 Å². The molecule has 0 aromatic heterocycles. The Morgan fingerprint density at radius 1 is 1.15 bits per heavy atom. The predicted molar refractivity (Wildman–Crippen MR) is 108 cm³/mol. The molecule has 1 aromatic carbocycles. The van der Waals surface area contributed by atoms with Crippen LogP contribution in [-0.4, -0.2) is 78.4 Å². The molecule has 2 aliphatic rings. The Bertz CT molecular complexity index is 738. The highest BCUT2D eigenvalue weighted by atomic mass is 35.5. The maximum absolute atomic E-state index is 12.5. The van der Waals surface area contributed by atoms with Gasteiger partial charge in [0.05, 0.1) is 17.3 Å². The number of carbonyl (C=O) groups is 2. The number of benzene rings is 1. The Hall–Kier alpha value is -2.05. The van der Waals surface area contributed by atoms with Crippen LogP contribution in [0, 0.1) is 13.8 Å². The summed E-state index contributed by atoms with van der Waals surface area (Å²) in [7, 11) is 0. The fourth-order valence-corrected chi connectivity index (χ4v) is 3.82. The molecule has 146 valence electrons. The Morgan fingerprint density at radius 3 is 2.41 bits per heavy atom. The van der Waals surface area contributed by atoms with Gasteiger partial charge in [-0.05, 0) is 43.2 Å². The van der Waals surface area contributed by atoms with Crippen LogP contribution in [0.3, 0.4) is 0 Å². The normalized spacial score (nSPS) is 18.2. The molecule has 2 fully saturated rings. The van der Waals surface area contributed by atoms with Gasteiger partial charge in [0.2, 0.25) is 11.8 Å². The first-order chi connectivity index (χ1) is 12.9. The zero-order valence-corrected chi connectivity index (χ0v) is 16.8. The molecule has 0 radical (unpaired) electrons. The fourth-order valence-electron chi connectivity index (χ4n) is 3.53. The topological polar surface area (TPSA) is 55.9 Å². The molecule has 27 heavy (non-hydrogen) atoms. The number of hydrogen-bond acceptors (Lipinski definition) is 4. The highest BCUT2D eigenvalue weighted by Gasteiger charge is 2.35. The van der Waals surface area contributed by atoms with Crippen molar-refractivity contribution in [1.29, 1.82) is 0 Å². The first-order valence-electron chi connectivity index (χ1n) is 9.33. The minimum Gasteiger partial charge on any atom is -0.375 e. The minimum absolute atomic E-state index is 0.00357. The molecule has 3 rings (SSSR count). The van der Waals surface area contributed by atoms with Crippen LogP contribution >= 0.6 is 11.6 Å². The Labute approximate surface area is 165 Å². The third-order valence-electron chi connectivity index (χ3n) is 5.55. The highest BCUT2D eigenvalue weighted by Crippen LogP contribution is 2.25. The fraction of sp³-hybridized carbons (Fsp3) is 0.500. The van der Waals surface area contributed by atoms with Crippen molar-refractivity contribution in [1.82, 2.24) is 14.7 Å². The number of rotatable bonds is 5. The molecule has 2 saturated heterocycles. The second-order valence-electron chi connectivity index (χ2n) is 7.29. The van der Waals surface area contributed by atoms with Crippen LogP contribution < -0.4 is 5.32 Å². The summed E-state index contributed by atoms with van der Waals surface area (Å²) in [6.07, 6.45) is 1.36. The van der Waals surface area contributed by atoms with Crippen LogP contribution in [-0.2, 0) is 9.59 Å². The number of aryl methyl sites for hydroxylation is 2. The number of anilines is 1. The van der Waals surface area contributed by atoms with Crippen molar-refractivity contribution < 1.29 is 9.59 Å². The van der Waals surface area contributed by atoms with Gasteiger partial charge < -0.3 is 15.1 Å². The third-order valence-corrected chi connectivity index (χ3v) is 5.86. The van der Waals surface area contributed by atoms with Gasteiger partial charge in [0.25, 0.3) is 0 Å². The van der Waals surface area contributed by atoms with E-state index >= 15 is 0 Å². The molecule has 0 unspecified atom stereocenters. The van der Waals surface area contributed by atoms with E-state index in [9.17, 15) is 9.59 Å². The van der Waals surface area contributed by atoms with E-state index < -0.39 is 0 Å². The average Bonchev–Trinajstić information content (AvgIpc) is 2.62. The maximum Gasteiger partial charge on any atom is 0.246 e. The van der Waals surface area contributed by atoms with Crippen LogP contribution in [0.25, 0.3) is 0 Å². The Morgan fingerprint density at radius 2 is 1.78 bits per heavy atom. The minimum atomic E-state index is -0.00357. The summed E-state index contributed by atoms with van der Waals surface area (Å²) in [6, 6.07) is 4.30. The molecule has 0 atom stereocenters. The molecular weight excluding hydrogens is 364 g/mol. The zero-order chi connectivity index (χ0) is 19.6. The lowest BCUT2D eigenvalue weighted by molar-refractivity contribution is -0.135. The lowest BCUT2D eigenvalue weighted by Crippen LogP contribution is -2.64. The van der Waals surface area contributed by atoms with Crippen LogP contribution in [0.5, 0.6) is 0 Å². The quantitative estimate of drug-likeness (QED) is 0.780. The summed E-state index contributed by atoms with van der Waals surface area (Å²) in [4.78, 5) is 30.1. The summed E-state index contributed by atoms with van der Waals surface area (Å²) >= 11 is 6.26. The monoisotopic (exact) mass is 390 g/mol.